The third-order valence-corrected chi connectivity index (χ3v) is 4.16. The molecule has 0 amide bonds. The van der Waals surface area contributed by atoms with E-state index in [2.05, 4.69) is 0 Å². The zero-order valence-corrected chi connectivity index (χ0v) is 12.9. The van der Waals surface area contributed by atoms with Crippen molar-refractivity contribution in [3.8, 4) is 0 Å². The third-order valence-electron chi connectivity index (χ3n) is 4.16. The highest BCUT2D eigenvalue weighted by atomic mass is 19.1. The quantitative estimate of drug-likeness (QED) is 0.642. The first kappa shape index (κ1) is 15.5. The molecule has 1 aromatic heterocycles. The zero-order valence-electron chi connectivity index (χ0n) is 12.9. The molecule has 0 spiro atoms. The fraction of sp³-hybridized carbons (Fsp3) is 0.333. The molecular formula is C18H18FNO3. The lowest BCUT2D eigenvalue weighted by Gasteiger charge is -2.24. The van der Waals surface area contributed by atoms with Crippen molar-refractivity contribution in [2.24, 2.45) is 0 Å². The van der Waals surface area contributed by atoms with Crippen molar-refractivity contribution in [3.63, 3.8) is 0 Å². The van der Waals surface area contributed by atoms with Crippen molar-refractivity contribution in [1.29, 1.82) is 0 Å². The topological polar surface area (TPSA) is 48.3 Å². The van der Waals surface area contributed by atoms with E-state index >= 15 is 0 Å². The molecule has 1 aromatic carbocycles. The zero-order chi connectivity index (χ0) is 16.4. The average molecular weight is 315 g/mol. The standard InChI is InChI=1S/C18H18FNO3/c1-2-23-18(22)14-4-3-11-20-15(14)9-10-16(20)17(21)12-5-7-13(19)8-6-12/h5-10,14H,2-4,11H2,1H3. The molecule has 0 aliphatic carbocycles. The maximum atomic E-state index is 13.0. The third kappa shape index (κ3) is 2.91. The van der Waals surface area contributed by atoms with E-state index in [0.29, 0.717) is 24.4 Å². The first-order valence-corrected chi connectivity index (χ1v) is 7.78. The molecule has 2 heterocycles. The highest BCUT2D eigenvalue weighted by Gasteiger charge is 2.30. The van der Waals surface area contributed by atoms with E-state index in [-0.39, 0.29) is 23.5 Å². The van der Waals surface area contributed by atoms with Gasteiger partial charge < -0.3 is 9.30 Å². The predicted octanol–water partition coefficient (Wildman–Crippen LogP) is 3.30. The number of ketones is 1. The van der Waals surface area contributed by atoms with Gasteiger partial charge in [0.05, 0.1) is 18.2 Å². The largest absolute Gasteiger partial charge is 0.465 e. The van der Waals surface area contributed by atoms with Crippen molar-refractivity contribution >= 4 is 11.8 Å². The number of nitrogens with zero attached hydrogens (tertiary/aromatic N) is 1. The summed E-state index contributed by atoms with van der Waals surface area (Å²) in [5, 5.41) is 0. The van der Waals surface area contributed by atoms with Gasteiger partial charge in [-0.2, -0.15) is 0 Å². The molecule has 5 heteroatoms. The Morgan fingerprint density at radius 3 is 2.65 bits per heavy atom. The molecule has 2 aromatic rings. The number of hydrogen-bond donors (Lipinski definition) is 0. The van der Waals surface area contributed by atoms with Crippen LogP contribution in [0, 0.1) is 5.82 Å². The smallest absolute Gasteiger partial charge is 0.314 e. The number of carbonyl (C=O) groups is 2. The van der Waals surface area contributed by atoms with E-state index in [1.807, 2.05) is 10.6 Å². The van der Waals surface area contributed by atoms with Crippen LogP contribution >= 0.6 is 0 Å². The van der Waals surface area contributed by atoms with Crippen LogP contribution in [0.4, 0.5) is 4.39 Å². The molecule has 0 saturated carbocycles. The number of hydrogen-bond acceptors (Lipinski definition) is 3. The second-order valence-electron chi connectivity index (χ2n) is 5.58. The molecule has 3 rings (SSSR count). The molecule has 120 valence electrons. The van der Waals surface area contributed by atoms with Gasteiger partial charge >= 0.3 is 5.97 Å². The summed E-state index contributed by atoms with van der Waals surface area (Å²) in [6.07, 6.45) is 1.54. The van der Waals surface area contributed by atoms with Gasteiger partial charge in [0.1, 0.15) is 5.82 Å². The lowest BCUT2D eigenvalue weighted by Crippen LogP contribution is -2.25. The number of ether oxygens (including phenoxy) is 1. The fourth-order valence-electron chi connectivity index (χ4n) is 3.07. The van der Waals surface area contributed by atoms with Crippen LogP contribution in [0.2, 0.25) is 0 Å². The number of fused-ring (bicyclic) bond motifs is 1. The Hall–Kier alpha value is -2.43. The van der Waals surface area contributed by atoms with Crippen molar-refractivity contribution < 1.29 is 18.7 Å². The van der Waals surface area contributed by atoms with E-state index in [0.717, 1.165) is 18.5 Å². The van der Waals surface area contributed by atoms with Crippen LogP contribution in [-0.2, 0) is 16.1 Å². The van der Waals surface area contributed by atoms with E-state index < -0.39 is 0 Å². The summed E-state index contributed by atoms with van der Waals surface area (Å²) in [6.45, 7) is 2.82. The number of esters is 1. The lowest BCUT2D eigenvalue weighted by molar-refractivity contribution is -0.145. The van der Waals surface area contributed by atoms with Gasteiger partial charge in [-0.3, -0.25) is 9.59 Å². The number of benzene rings is 1. The Balaban J connectivity index is 1.93. The van der Waals surface area contributed by atoms with Crippen molar-refractivity contribution in [3.05, 3.63) is 59.2 Å². The Bertz CT molecular complexity index is 733. The Morgan fingerprint density at radius 2 is 1.96 bits per heavy atom. The van der Waals surface area contributed by atoms with Crippen LogP contribution in [0.25, 0.3) is 0 Å². The monoisotopic (exact) mass is 315 g/mol. The number of carbonyl (C=O) groups excluding carboxylic acids is 2. The maximum Gasteiger partial charge on any atom is 0.314 e. The number of rotatable bonds is 4. The Kier molecular flexibility index (Phi) is 4.28. The Labute approximate surface area is 133 Å². The minimum absolute atomic E-state index is 0.166. The van der Waals surface area contributed by atoms with Crippen molar-refractivity contribution in [2.75, 3.05) is 6.61 Å². The molecule has 4 nitrogen and oxygen atoms in total. The van der Waals surface area contributed by atoms with Crippen molar-refractivity contribution in [2.45, 2.75) is 32.2 Å². The fourth-order valence-corrected chi connectivity index (χ4v) is 3.07. The number of aromatic nitrogens is 1. The molecule has 1 unspecified atom stereocenters. The summed E-state index contributed by atoms with van der Waals surface area (Å²) >= 11 is 0. The molecule has 1 aliphatic heterocycles. The molecule has 0 saturated heterocycles. The predicted molar refractivity (Wildman–Crippen MR) is 82.9 cm³/mol. The molecule has 1 atom stereocenters. The van der Waals surface area contributed by atoms with E-state index in [1.165, 1.54) is 24.3 Å². The highest BCUT2D eigenvalue weighted by molar-refractivity contribution is 6.08. The summed E-state index contributed by atoms with van der Waals surface area (Å²) in [6, 6.07) is 9.05. The molecule has 0 N–H and O–H groups in total. The molecule has 0 fully saturated rings. The van der Waals surface area contributed by atoms with E-state index in [4.69, 9.17) is 4.74 Å². The van der Waals surface area contributed by atoms with Gasteiger partial charge in [-0.15, -0.1) is 0 Å². The van der Waals surface area contributed by atoms with Gasteiger partial charge in [0.2, 0.25) is 5.78 Å². The summed E-state index contributed by atoms with van der Waals surface area (Å²) in [4.78, 5) is 24.7. The highest BCUT2D eigenvalue weighted by Crippen LogP contribution is 2.31. The minimum Gasteiger partial charge on any atom is -0.465 e. The molecule has 0 bridgehead atoms. The summed E-state index contributed by atoms with van der Waals surface area (Å²) in [5.41, 5.74) is 1.78. The molecule has 1 aliphatic rings. The van der Waals surface area contributed by atoms with Crippen LogP contribution in [0.5, 0.6) is 0 Å². The van der Waals surface area contributed by atoms with Gasteiger partial charge in [0.15, 0.2) is 0 Å². The summed E-state index contributed by atoms with van der Waals surface area (Å²) in [7, 11) is 0. The Morgan fingerprint density at radius 1 is 1.22 bits per heavy atom. The summed E-state index contributed by atoms with van der Waals surface area (Å²) < 4.78 is 20.0. The normalized spacial score (nSPS) is 16.7. The first-order chi connectivity index (χ1) is 11.1. The van der Waals surface area contributed by atoms with Crippen LogP contribution in [0.15, 0.2) is 36.4 Å². The SMILES string of the molecule is CCOC(=O)C1CCCn2c(C(=O)c3ccc(F)cc3)ccc21. The van der Waals surface area contributed by atoms with Crippen LogP contribution in [0.3, 0.4) is 0 Å². The first-order valence-electron chi connectivity index (χ1n) is 7.78. The number of halogens is 1. The van der Waals surface area contributed by atoms with Crippen LogP contribution in [0.1, 0.15) is 47.4 Å². The maximum absolute atomic E-state index is 13.0. The average Bonchev–Trinajstić information content (AvgIpc) is 2.99. The van der Waals surface area contributed by atoms with Gasteiger partial charge in [0.25, 0.3) is 0 Å². The van der Waals surface area contributed by atoms with Gasteiger partial charge in [-0.25, -0.2) is 4.39 Å². The van der Waals surface area contributed by atoms with Gasteiger partial charge in [-0.1, -0.05) is 0 Å². The minimum atomic E-state index is -0.374. The van der Waals surface area contributed by atoms with Crippen molar-refractivity contribution in [1.82, 2.24) is 4.57 Å². The van der Waals surface area contributed by atoms with E-state index in [1.54, 1.807) is 13.0 Å². The molecular weight excluding hydrogens is 297 g/mol. The molecule has 23 heavy (non-hydrogen) atoms. The second kappa shape index (κ2) is 6.36. The summed E-state index contributed by atoms with van der Waals surface area (Å²) in [5.74, 6) is -1.10. The van der Waals surface area contributed by atoms with Gasteiger partial charge in [-0.05, 0) is 56.2 Å². The second-order valence-corrected chi connectivity index (χ2v) is 5.58. The van der Waals surface area contributed by atoms with Crippen LogP contribution < -0.4 is 0 Å². The van der Waals surface area contributed by atoms with Crippen LogP contribution in [-0.4, -0.2) is 22.9 Å². The van der Waals surface area contributed by atoms with E-state index in [9.17, 15) is 14.0 Å². The molecule has 0 radical (unpaired) electrons. The van der Waals surface area contributed by atoms with Gasteiger partial charge in [0, 0.05) is 17.8 Å². The lowest BCUT2D eigenvalue weighted by atomic mass is 9.96.